The SMILES string of the molecule is O=S(=O)(O)OC1C(Oc2ccc(O)cc2)OC(CO)C(O)C1O. The molecular formula is C12H16O10S. The van der Waals surface area contributed by atoms with E-state index in [-0.39, 0.29) is 11.5 Å². The van der Waals surface area contributed by atoms with Gasteiger partial charge in [0.1, 0.15) is 29.8 Å². The van der Waals surface area contributed by atoms with E-state index in [2.05, 4.69) is 4.18 Å². The van der Waals surface area contributed by atoms with Crippen molar-refractivity contribution in [1.82, 2.24) is 0 Å². The van der Waals surface area contributed by atoms with Gasteiger partial charge >= 0.3 is 10.4 Å². The third kappa shape index (κ3) is 4.51. The average molecular weight is 352 g/mol. The van der Waals surface area contributed by atoms with Gasteiger partial charge in [-0.3, -0.25) is 4.55 Å². The van der Waals surface area contributed by atoms with Crippen LogP contribution in [0.15, 0.2) is 24.3 Å². The number of aromatic hydroxyl groups is 1. The monoisotopic (exact) mass is 352 g/mol. The Kier molecular flexibility index (Phi) is 5.41. The fourth-order valence-corrected chi connectivity index (χ4v) is 2.54. The number of aliphatic hydroxyl groups excluding tert-OH is 3. The average Bonchev–Trinajstić information content (AvgIpc) is 2.48. The molecule has 0 aliphatic carbocycles. The van der Waals surface area contributed by atoms with Crippen LogP contribution in [-0.2, 0) is 19.3 Å². The summed E-state index contributed by atoms with van der Waals surface area (Å²) < 4.78 is 45.3. The molecular weight excluding hydrogens is 336 g/mol. The summed E-state index contributed by atoms with van der Waals surface area (Å²) in [6.07, 6.45) is -8.07. The first-order valence-corrected chi connectivity index (χ1v) is 7.81. The second kappa shape index (κ2) is 6.97. The maximum atomic E-state index is 10.9. The van der Waals surface area contributed by atoms with Crippen LogP contribution in [0, 0.1) is 0 Å². The summed E-state index contributed by atoms with van der Waals surface area (Å²) in [7, 11) is -4.97. The molecule has 0 radical (unpaired) electrons. The number of phenols is 1. The number of phenolic OH excluding ortho intramolecular Hbond substituents is 1. The number of ether oxygens (including phenoxy) is 2. The van der Waals surface area contributed by atoms with Crippen molar-refractivity contribution in [2.24, 2.45) is 0 Å². The molecule has 1 aromatic rings. The fourth-order valence-electron chi connectivity index (χ4n) is 2.05. The molecule has 1 heterocycles. The third-order valence-electron chi connectivity index (χ3n) is 3.15. The molecule has 0 saturated carbocycles. The normalized spacial score (nSPS) is 31.7. The van der Waals surface area contributed by atoms with Gasteiger partial charge in [0.15, 0.2) is 6.10 Å². The molecule has 1 fully saturated rings. The van der Waals surface area contributed by atoms with Gasteiger partial charge in [0.2, 0.25) is 6.29 Å². The number of benzene rings is 1. The van der Waals surface area contributed by atoms with Gasteiger partial charge in [-0.1, -0.05) is 0 Å². The predicted molar refractivity (Wildman–Crippen MR) is 72.9 cm³/mol. The maximum absolute atomic E-state index is 10.9. The van der Waals surface area contributed by atoms with E-state index in [0.717, 1.165) is 0 Å². The zero-order chi connectivity index (χ0) is 17.2. The number of hydrogen-bond donors (Lipinski definition) is 5. The Labute approximate surface area is 131 Å². The topological polar surface area (TPSA) is 163 Å². The Morgan fingerprint density at radius 2 is 1.74 bits per heavy atom. The fraction of sp³-hybridized carbons (Fsp3) is 0.500. The van der Waals surface area contributed by atoms with Crippen LogP contribution in [0.2, 0.25) is 0 Å². The van der Waals surface area contributed by atoms with Crippen LogP contribution >= 0.6 is 0 Å². The summed E-state index contributed by atoms with van der Waals surface area (Å²) in [6, 6.07) is 5.22. The second-order valence-electron chi connectivity index (χ2n) is 4.81. The minimum absolute atomic E-state index is 0.0451. The highest BCUT2D eigenvalue weighted by Gasteiger charge is 2.48. The molecule has 1 aromatic carbocycles. The van der Waals surface area contributed by atoms with Crippen molar-refractivity contribution in [3.8, 4) is 11.5 Å². The molecule has 5 unspecified atom stereocenters. The zero-order valence-corrected chi connectivity index (χ0v) is 12.4. The molecule has 11 heteroatoms. The molecule has 2 rings (SSSR count). The first-order chi connectivity index (χ1) is 10.7. The zero-order valence-electron chi connectivity index (χ0n) is 11.6. The highest BCUT2D eigenvalue weighted by Crippen LogP contribution is 2.27. The molecule has 130 valence electrons. The van der Waals surface area contributed by atoms with Crippen LogP contribution in [0.3, 0.4) is 0 Å². The lowest BCUT2D eigenvalue weighted by molar-refractivity contribution is -0.271. The van der Waals surface area contributed by atoms with Crippen molar-refractivity contribution in [2.45, 2.75) is 30.7 Å². The summed E-state index contributed by atoms with van der Waals surface area (Å²) >= 11 is 0. The lowest BCUT2D eigenvalue weighted by atomic mass is 9.99. The van der Waals surface area contributed by atoms with Crippen molar-refractivity contribution >= 4 is 10.4 Å². The Morgan fingerprint density at radius 1 is 1.13 bits per heavy atom. The molecule has 1 aliphatic rings. The van der Waals surface area contributed by atoms with Crippen LogP contribution in [0.25, 0.3) is 0 Å². The molecule has 0 bridgehead atoms. The van der Waals surface area contributed by atoms with Gasteiger partial charge in [-0.05, 0) is 24.3 Å². The Hall–Kier alpha value is -1.47. The van der Waals surface area contributed by atoms with Crippen molar-refractivity contribution in [3.05, 3.63) is 24.3 Å². The van der Waals surface area contributed by atoms with Gasteiger partial charge in [0.25, 0.3) is 0 Å². The Morgan fingerprint density at radius 3 is 2.26 bits per heavy atom. The molecule has 0 spiro atoms. The van der Waals surface area contributed by atoms with Gasteiger partial charge in [-0.25, -0.2) is 4.18 Å². The minimum atomic E-state index is -4.97. The first kappa shape index (κ1) is 17.9. The summed E-state index contributed by atoms with van der Waals surface area (Å²) in [5.41, 5.74) is 0. The van der Waals surface area contributed by atoms with E-state index >= 15 is 0 Å². The molecule has 5 N–H and O–H groups in total. The standard InChI is InChI=1S/C12H16O10S/c13-5-8-9(15)10(16)11(22-23(17,18)19)12(21-8)20-7-3-1-6(14)2-4-7/h1-4,8-16H,5H2,(H,17,18,19). The lowest BCUT2D eigenvalue weighted by Gasteiger charge is -2.40. The van der Waals surface area contributed by atoms with E-state index in [4.69, 9.17) is 19.1 Å². The smallest absolute Gasteiger partial charge is 0.397 e. The number of rotatable bonds is 5. The predicted octanol–water partition coefficient (Wildman–Crippen LogP) is -1.60. The maximum Gasteiger partial charge on any atom is 0.397 e. The van der Waals surface area contributed by atoms with Crippen LogP contribution < -0.4 is 4.74 Å². The largest absolute Gasteiger partial charge is 0.508 e. The second-order valence-corrected chi connectivity index (χ2v) is 5.85. The number of hydrogen-bond acceptors (Lipinski definition) is 9. The number of aliphatic hydroxyl groups is 3. The van der Waals surface area contributed by atoms with E-state index < -0.39 is 47.7 Å². The highest BCUT2D eigenvalue weighted by atomic mass is 32.3. The lowest BCUT2D eigenvalue weighted by Crippen LogP contribution is -2.61. The van der Waals surface area contributed by atoms with E-state index in [0.29, 0.717) is 0 Å². The van der Waals surface area contributed by atoms with Gasteiger partial charge in [-0.2, -0.15) is 8.42 Å². The van der Waals surface area contributed by atoms with E-state index in [1.807, 2.05) is 0 Å². The first-order valence-electron chi connectivity index (χ1n) is 6.45. The Bertz CT molecular complexity index is 615. The quantitative estimate of drug-likeness (QED) is 0.390. The van der Waals surface area contributed by atoms with E-state index in [9.17, 15) is 23.7 Å². The van der Waals surface area contributed by atoms with Crippen LogP contribution in [-0.4, -0.2) is 70.7 Å². The van der Waals surface area contributed by atoms with Crippen molar-refractivity contribution in [1.29, 1.82) is 0 Å². The molecule has 23 heavy (non-hydrogen) atoms. The van der Waals surface area contributed by atoms with E-state index in [1.54, 1.807) is 0 Å². The van der Waals surface area contributed by atoms with Crippen LogP contribution in [0.1, 0.15) is 0 Å². The van der Waals surface area contributed by atoms with E-state index in [1.165, 1.54) is 24.3 Å². The molecule has 1 saturated heterocycles. The van der Waals surface area contributed by atoms with Crippen molar-refractivity contribution in [3.63, 3.8) is 0 Å². The molecule has 5 atom stereocenters. The molecule has 1 aliphatic heterocycles. The summed E-state index contributed by atoms with van der Waals surface area (Å²) in [5.74, 6) is 0.0772. The molecule has 0 aromatic heterocycles. The third-order valence-corrected chi connectivity index (χ3v) is 3.61. The van der Waals surface area contributed by atoms with Gasteiger partial charge in [-0.15, -0.1) is 0 Å². The van der Waals surface area contributed by atoms with Crippen LogP contribution in [0.5, 0.6) is 11.5 Å². The van der Waals surface area contributed by atoms with Crippen LogP contribution in [0.4, 0.5) is 0 Å². The molecule has 10 nitrogen and oxygen atoms in total. The van der Waals surface area contributed by atoms with Gasteiger partial charge in [0.05, 0.1) is 6.61 Å². The van der Waals surface area contributed by atoms with Gasteiger partial charge < -0.3 is 29.9 Å². The van der Waals surface area contributed by atoms with Crippen molar-refractivity contribution < 1.29 is 47.1 Å². The minimum Gasteiger partial charge on any atom is -0.508 e. The highest BCUT2D eigenvalue weighted by molar-refractivity contribution is 7.80. The summed E-state index contributed by atoms with van der Waals surface area (Å²) in [4.78, 5) is 0. The molecule has 0 amide bonds. The Balaban J connectivity index is 2.24. The van der Waals surface area contributed by atoms with Gasteiger partial charge in [0, 0.05) is 0 Å². The summed E-state index contributed by atoms with van der Waals surface area (Å²) in [5, 5.41) is 38.0. The van der Waals surface area contributed by atoms with Crippen molar-refractivity contribution in [2.75, 3.05) is 6.61 Å². The summed E-state index contributed by atoms with van der Waals surface area (Å²) in [6.45, 7) is -0.674.